The Morgan fingerprint density at radius 1 is 1.50 bits per heavy atom. The monoisotopic (exact) mass is 173 g/mol. The van der Waals surface area contributed by atoms with E-state index in [-0.39, 0.29) is 18.2 Å². The lowest BCUT2D eigenvalue weighted by Crippen LogP contribution is -2.39. The summed E-state index contributed by atoms with van der Waals surface area (Å²) < 4.78 is 0. The van der Waals surface area contributed by atoms with Gasteiger partial charge in [-0.2, -0.15) is 0 Å². The molecular formula is C7H15N3O2. The Morgan fingerprint density at radius 2 is 2.08 bits per heavy atom. The molecule has 4 N–H and O–H groups in total. The molecule has 12 heavy (non-hydrogen) atoms. The van der Waals surface area contributed by atoms with Crippen molar-refractivity contribution in [1.82, 2.24) is 10.6 Å². The summed E-state index contributed by atoms with van der Waals surface area (Å²) >= 11 is 0. The molecule has 0 aliphatic heterocycles. The fourth-order valence-corrected chi connectivity index (χ4v) is 0.585. The molecule has 70 valence electrons. The van der Waals surface area contributed by atoms with E-state index >= 15 is 0 Å². The molecule has 0 aliphatic rings. The quantitative estimate of drug-likeness (QED) is 0.488. The summed E-state index contributed by atoms with van der Waals surface area (Å²) in [6.07, 6.45) is 0.287. The predicted octanol–water partition coefficient (Wildman–Crippen LogP) is -1.41. The number of carbonyl (C=O) groups excluding carboxylic acids is 2. The molecule has 5 heteroatoms. The van der Waals surface area contributed by atoms with Gasteiger partial charge in [0.25, 0.3) is 0 Å². The van der Waals surface area contributed by atoms with Crippen LogP contribution in [0, 0.1) is 0 Å². The van der Waals surface area contributed by atoms with Crippen LogP contribution in [-0.2, 0) is 9.59 Å². The lowest BCUT2D eigenvalue weighted by molar-refractivity contribution is -0.122. The van der Waals surface area contributed by atoms with Gasteiger partial charge in [-0.05, 0) is 6.92 Å². The molecule has 0 unspecified atom stereocenters. The van der Waals surface area contributed by atoms with Crippen molar-refractivity contribution in [2.24, 2.45) is 5.73 Å². The van der Waals surface area contributed by atoms with Gasteiger partial charge in [0, 0.05) is 20.0 Å². The zero-order chi connectivity index (χ0) is 9.56. The standard InChI is InChI=1S/C7H15N3O2/c1-5(8)7(12)10-4-3-6(11)9-2/h5H,3-4,8H2,1-2H3,(H,9,11)(H,10,12)/t5-/m0/s1. The fourth-order valence-electron chi connectivity index (χ4n) is 0.585. The number of hydrogen-bond donors (Lipinski definition) is 3. The minimum Gasteiger partial charge on any atom is -0.359 e. The summed E-state index contributed by atoms with van der Waals surface area (Å²) in [5, 5.41) is 4.97. The molecule has 0 aromatic rings. The van der Waals surface area contributed by atoms with E-state index in [2.05, 4.69) is 10.6 Å². The van der Waals surface area contributed by atoms with Crippen molar-refractivity contribution >= 4 is 11.8 Å². The van der Waals surface area contributed by atoms with Crippen LogP contribution in [0.15, 0.2) is 0 Å². The third-order valence-corrected chi connectivity index (χ3v) is 1.34. The van der Waals surface area contributed by atoms with E-state index in [0.29, 0.717) is 6.54 Å². The van der Waals surface area contributed by atoms with Crippen molar-refractivity contribution in [2.75, 3.05) is 13.6 Å². The summed E-state index contributed by atoms with van der Waals surface area (Å²) in [5.41, 5.74) is 5.27. The van der Waals surface area contributed by atoms with E-state index in [4.69, 9.17) is 5.73 Å². The summed E-state index contributed by atoms with van der Waals surface area (Å²) in [7, 11) is 1.55. The Kier molecular flexibility index (Phi) is 5.03. The maximum atomic E-state index is 10.8. The molecule has 0 spiro atoms. The molecule has 0 saturated heterocycles. The maximum absolute atomic E-state index is 10.8. The first-order valence-corrected chi connectivity index (χ1v) is 3.81. The fraction of sp³-hybridized carbons (Fsp3) is 0.714. The molecule has 1 atom stereocenters. The third kappa shape index (κ3) is 4.68. The van der Waals surface area contributed by atoms with E-state index in [9.17, 15) is 9.59 Å². The third-order valence-electron chi connectivity index (χ3n) is 1.34. The van der Waals surface area contributed by atoms with Crippen LogP contribution < -0.4 is 16.4 Å². The summed E-state index contributed by atoms with van der Waals surface area (Å²) in [6.45, 7) is 1.93. The van der Waals surface area contributed by atoms with Crippen molar-refractivity contribution in [3.8, 4) is 0 Å². The van der Waals surface area contributed by atoms with E-state index in [0.717, 1.165) is 0 Å². The first-order valence-electron chi connectivity index (χ1n) is 3.81. The van der Waals surface area contributed by atoms with Crippen LogP contribution in [0.3, 0.4) is 0 Å². The number of nitrogens with one attached hydrogen (secondary N) is 2. The first kappa shape index (κ1) is 10.9. The van der Waals surface area contributed by atoms with Gasteiger partial charge in [0.1, 0.15) is 0 Å². The van der Waals surface area contributed by atoms with Crippen LogP contribution in [-0.4, -0.2) is 31.4 Å². The van der Waals surface area contributed by atoms with E-state index in [1.54, 1.807) is 14.0 Å². The van der Waals surface area contributed by atoms with Gasteiger partial charge >= 0.3 is 0 Å². The molecule has 0 saturated carbocycles. The molecule has 0 radical (unpaired) electrons. The Labute approximate surface area is 71.7 Å². The normalized spacial score (nSPS) is 11.9. The van der Waals surface area contributed by atoms with Crippen LogP contribution in [0.4, 0.5) is 0 Å². The molecule has 0 aromatic carbocycles. The van der Waals surface area contributed by atoms with Crippen molar-refractivity contribution in [3.63, 3.8) is 0 Å². The second-order valence-corrected chi connectivity index (χ2v) is 2.50. The molecule has 0 aromatic heterocycles. The first-order chi connectivity index (χ1) is 5.57. The molecule has 0 bridgehead atoms. The second-order valence-electron chi connectivity index (χ2n) is 2.50. The Morgan fingerprint density at radius 3 is 2.50 bits per heavy atom. The van der Waals surface area contributed by atoms with Crippen molar-refractivity contribution in [2.45, 2.75) is 19.4 Å². The zero-order valence-electron chi connectivity index (χ0n) is 7.39. The Hall–Kier alpha value is -1.10. The molecule has 0 aliphatic carbocycles. The Balaban J connectivity index is 3.44. The van der Waals surface area contributed by atoms with Crippen LogP contribution in [0.5, 0.6) is 0 Å². The highest BCUT2D eigenvalue weighted by molar-refractivity contribution is 5.82. The summed E-state index contributed by atoms with van der Waals surface area (Å²) in [6, 6.07) is -0.519. The molecular weight excluding hydrogens is 158 g/mol. The molecule has 0 heterocycles. The van der Waals surface area contributed by atoms with Gasteiger partial charge in [-0.25, -0.2) is 0 Å². The molecule has 5 nitrogen and oxygen atoms in total. The topological polar surface area (TPSA) is 84.2 Å². The summed E-state index contributed by atoms with van der Waals surface area (Å²) in [5.74, 6) is -0.334. The Bertz CT molecular complexity index is 168. The zero-order valence-corrected chi connectivity index (χ0v) is 7.39. The number of amides is 2. The smallest absolute Gasteiger partial charge is 0.236 e. The molecule has 2 amide bonds. The highest BCUT2D eigenvalue weighted by Gasteiger charge is 2.06. The lowest BCUT2D eigenvalue weighted by Gasteiger charge is -2.06. The van der Waals surface area contributed by atoms with E-state index in [1.165, 1.54) is 0 Å². The summed E-state index contributed by atoms with van der Waals surface area (Å²) in [4.78, 5) is 21.5. The number of rotatable bonds is 4. The number of nitrogens with two attached hydrogens (primary N) is 1. The minimum atomic E-state index is -0.519. The lowest BCUT2D eigenvalue weighted by atomic mass is 10.3. The van der Waals surface area contributed by atoms with Crippen molar-refractivity contribution in [1.29, 1.82) is 0 Å². The van der Waals surface area contributed by atoms with Crippen LogP contribution in [0.2, 0.25) is 0 Å². The van der Waals surface area contributed by atoms with Gasteiger partial charge in [-0.3, -0.25) is 9.59 Å². The van der Waals surface area contributed by atoms with Gasteiger partial charge in [0.15, 0.2) is 0 Å². The number of hydrogen-bond acceptors (Lipinski definition) is 3. The van der Waals surface area contributed by atoms with Crippen molar-refractivity contribution in [3.05, 3.63) is 0 Å². The SMILES string of the molecule is CNC(=O)CCNC(=O)[C@H](C)N. The largest absolute Gasteiger partial charge is 0.359 e. The van der Waals surface area contributed by atoms with Gasteiger partial charge < -0.3 is 16.4 Å². The molecule has 0 fully saturated rings. The predicted molar refractivity (Wildman–Crippen MR) is 45.3 cm³/mol. The van der Waals surface area contributed by atoms with Crippen LogP contribution in [0.25, 0.3) is 0 Å². The van der Waals surface area contributed by atoms with Gasteiger partial charge in [-0.1, -0.05) is 0 Å². The van der Waals surface area contributed by atoms with E-state index in [1.807, 2.05) is 0 Å². The van der Waals surface area contributed by atoms with Gasteiger partial charge in [0.2, 0.25) is 11.8 Å². The average molecular weight is 173 g/mol. The second kappa shape index (κ2) is 5.54. The highest BCUT2D eigenvalue weighted by Crippen LogP contribution is 1.78. The van der Waals surface area contributed by atoms with Gasteiger partial charge in [-0.15, -0.1) is 0 Å². The van der Waals surface area contributed by atoms with Gasteiger partial charge in [0.05, 0.1) is 6.04 Å². The molecule has 0 rings (SSSR count). The van der Waals surface area contributed by atoms with Crippen LogP contribution >= 0.6 is 0 Å². The maximum Gasteiger partial charge on any atom is 0.236 e. The number of carbonyl (C=O) groups is 2. The highest BCUT2D eigenvalue weighted by atomic mass is 16.2. The minimum absolute atomic E-state index is 0.0972. The van der Waals surface area contributed by atoms with Crippen molar-refractivity contribution < 1.29 is 9.59 Å². The average Bonchev–Trinajstić information content (AvgIpc) is 2.03. The van der Waals surface area contributed by atoms with E-state index < -0.39 is 6.04 Å². The van der Waals surface area contributed by atoms with Crippen LogP contribution in [0.1, 0.15) is 13.3 Å².